The highest BCUT2D eigenvalue weighted by molar-refractivity contribution is 7.98. The number of halogens is 1. The van der Waals surface area contributed by atoms with Crippen LogP contribution < -0.4 is 0 Å². The molecule has 0 bridgehead atoms. The standard InChI is InChI=1S/C11H12ClN3O3S/c1-19-11-13-4-7(12)8(14-11)9(16)15-3-2-6(5-15)10(17)18/h4,6H,2-3,5H2,1H3,(H,17,18). The fourth-order valence-electron chi connectivity index (χ4n) is 1.90. The number of hydrogen-bond donors (Lipinski definition) is 1. The second kappa shape index (κ2) is 5.75. The first-order valence-corrected chi connectivity index (χ1v) is 7.21. The van der Waals surface area contributed by atoms with E-state index in [0.717, 1.165) is 0 Å². The van der Waals surface area contributed by atoms with Crippen molar-refractivity contribution in [2.75, 3.05) is 19.3 Å². The van der Waals surface area contributed by atoms with Gasteiger partial charge in [0, 0.05) is 13.1 Å². The number of likely N-dealkylation sites (tertiary alicyclic amines) is 1. The number of carboxylic acids is 1. The van der Waals surface area contributed by atoms with Crippen molar-refractivity contribution >= 4 is 35.2 Å². The molecule has 0 saturated carbocycles. The second-order valence-corrected chi connectivity index (χ2v) is 5.31. The molecule has 8 heteroatoms. The van der Waals surface area contributed by atoms with Crippen LogP contribution in [0.25, 0.3) is 0 Å². The van der Waals surface area contributed by atoms with E-state index in [1.807, 2.05) is 0 Å². The van der Waals surface area contributed by atoms with E-state index in [4.69, 9.17) is 16.7 Å². The minimum atomic E-state index is -0.881. The molecule has 19 heavy (non-hydrogen) atoms. The summed E-state index contributed by atoms with van der Waals surface area (Å²) < 4.78 is 0. The van der Waals surface area contributed by atoms with Gasteiger partial charge in [-0.1, -0.05) is 23.4 Å². The molecule has 1 aromatic heterocycles. The SMILES string of the molecule is CSc1ncc(Cl)c(C(=O)N2CCC(C(=O)O)C2)n1. The summed E-state index contributed by atoms with van der Waals surface area (Å²) in [6.07, 6.45) is 3.64. The first-order valence-electron chi connectivity index (χ1n) is 5.61. The Bertz CT molecular complexity index is 526. The molecule has 1 aliphatic rings. The van der Waals surface area contributed by atoms with Crippen LogP contribution in [-0.4, -0.2) is 51.2 Å². The Hall–Kier alpha value is -1.34. The van der Waals surface area contributed by atoms with E-state index in [1.54, 1.807) is 6.26 Å². The molecular formula is C11H12ClN3O3S. The number of nitrogens with zero attached hydrogens (tertiary/aromatic N) is 3. The van der Waals surface area contributed by atoms with Crippen molar-refractivity contribution < 1.29 is 14.7 Å². The molecule has 0 aromatic carbocycles. The van der Waals surface area contributed by atoms with Gasteiger partial charge in [-0.15, -0.1) is 0 Å². The van der Waals surface area contributed by atoms with Gasteiger partial charge in [-0.05, 0) is 12.7 Å². The molecule has 1 amide bonds. The number of thioether (sulfide) groups is 1. The lowest BCUT2D eigenvalue weighted by Gasteiger charge is -2.15. The van der Waals surface area contributed by atoms with Crippen LogP contribution in [0.5, 0.6) is 0 Å². The van der Waals surface area contributed by atoms with Crippen LogP contribution in [-0.2, 0) is 4.79 Å². The number of carboxylic acid groups (broad SMARTS) is 1. The van der Waals surface area contributed by atoms with Crippen LogP contribution >= 0.6 is 23.4 Å². The number of aliphatic carboxylic acids is 1. The van der Waals surface area contributed by atoms with Gasteiger partial charge in [0.1, 0.15) is 0 Å². The fraction of sp³-hybridized carbons (Fsp3) is 0.455. The molecule has 1 atom stereocenters. The van der Waals surface area contributed by atoms with Crippen molar-refractivity contribution in [2.45, 2.75) is 11.6 Å². The van der Waals surface area contributed by atoms with Crippen molar-refractivity contribution in [3.63, 3.8) is 0 Å². The summed E-state index contributed by atoms with van der Waals surface area (Å²) in [7, 11) is 0. The smallest absolute Gasteiger partial charge is 0.308 e. The molecule has 2 rings (SSSR count). The summed E-state index contributed by atoms with van der Waals surface area (Å²) in [5.74, 6) is -1.73. The minimum Gasteiger partial charge on any atom is -0.481 e. The monoisotopic (exact) mass is 301 g/mol. The van der Waals surface area contributed by atoms with Crippen molar-refractivity contribution in [1.29, 1.82) is 0 Å². The molecule has 1 saturated heterocycles. The lowest BCUT2D eigenvalue weighted by molar-refractivity contribution is -0.141. The van der Waals surface area contributed by atoms with Gasteiger partial charge in [0.15, 0.2) is 10.9 Å². The quantitative estimate of drug-likeness (QED) is 0.671. The van der Waals surface area contributed by atoms with Crippen molar-refractivity contribution in [3.05, 3.63) is 16.9 Å². The maximum absolute atomic E-state index is 12.3. The zero-order valence-electron chi connectivity index (χ0n) is 10.2. The number of carbonyl (C=O) groups excluding carboxylic acids is 1. The van der Waals surface area contributed by atoms with Crippen LogP contribution in [0.4, 0.5) is 0 Å². The van der Waals surface area contributed by atoms with Crippen LogP contribution in [0, 0.1) is 5.92 Å². The third-order valence-corrected chi connectivity index (χ3v) is 3.77. The normalized spacial score (nSPS) is 18.6. The van der Waals surface area contributed by atoms with Gasteiger partial charge in [-0.3, -0.25) is 9.59 Å². The molecule has 1 N–H and O–H groups in total. The zero-order valence-corrected chi connectivity index (χ0v) is 11.7. The van der Waals surface area contributed by atoms with Gasteiger partial charge in [0.05, 0.1) is 17.1 Å². The van der Waals surface area contributed by atoms with E-state index in [-0.39, 0.29) is 23.2 Å². The molecule has 1 aromatic rings. The van der Waals surface area contributed by atoms with Crippen LogP contribution in [0.3, 0.4) is 0 Å². The summed E-state index contributed by atoms with van der Waals surface area (Å²) in [6.45, 7) is 0.605. The van der Waals surface area contributed by atoms with E-state index in [9.17, 15) is 9.59 Å². The summed E-state index contributed by atoms with van der Waals surface area (Å²) in [6, 6.07) is 0. The first-order chi connectivity index (χ1) is 9.02. The highest BCUT2D eigenvalue weighted by Gasteiger charge is 2.32. The molecule has 0 spiro atoms. The Morgan fingerprint density at radius 2 is 2.32 bits per heavy atom. The number of hydrogen-bond acceptors (Lipinski definition) is 5. The minimum absolute atomic E-state index is 0.132. The Morgan fingerprint density at radius 1 is 1.58 bits per heavy atom. The fourth-order valence-corrected chi connectivity index (χ4v) is 2.41. The number of aromatic nitrogens is 2. The number of amides is 1. The van der Waals surface area contributed by atoms with E-state index >= 15 is 0 Å². The van der Waals surface area contributed by atoms with E-state index in [0.29, 0.717) is 18.1 Å². The van der Waals surface area contributed by atoms with Gasteiger partial charge >= 0.3 is 5.97 Å². The highest BCUT2D eigenvalue weighted by atomic mass is 35.5. The number of carbonyl (C=O) groups is 2. The van der Waals surface area contributed by atoms with Gasteiger partial charge in [0.25, 0.3) is 5.91 Å². The van der Waals surface area contributed by atoms with Crippen LogP contribution in [0.1, 0.15) is 16.9 Å². The third-order valence-electron chi connectivity index (χ3n) is 2.93. The molecule has 1 unspecified atom stereocenters. The molecular weight excluding hydrogens is 290 g/mol. The summed E-state index contributed by atoms with van der Waals surface area (Å²) in [5, 5.41) is 9.57. The maximum atomic E-state index is 12.3. The molecule has 1 fully saturated rings. The zero-order chi connectivity index (χ0) is 14.0. The second-order valence-electron chi connectivity index (χ2n) is 4.13. The average molecular weight is 302 g/mol. The van der Waals surface area contributed by atoms with Crippen LogP contribution in [0.2, 0.25) is 5.02 Å². The summed E-state index contributed by atoms with van der Waals surface area (Å²) >= 11 is 7.24. The van der Waals surface area contributed by atoms with Gasteiger partial charge in [-0.25, -0.2) is 9.97 Å². The van der Waals surface area contributed by atoms with Crippen molar-refractivity contribution in [1.82, 2.24) is 14.9 Å². The Labute approximate surface area is 119 Å². The van der Waals surface area contributed by atoms with Gasteiger partial charge < -0.3 is 10.0 Å². The van der Waals surface area contributed by atoms with E-state index < -0.39 is 11.9 Å². The van der Waals surface area contributed by atoms with E-state index in [2.05, 4.69) is 9.97 Å². The lowest BCUT2D eigenvalue weighted by Crippen LogP contribution is -2.31. The summed E-state index contributed by atoms with van der Waals surface area (Å²) in [5.41, 5.74) is 0.132. The molecule has 0 aliphatic carbocycles. The molecule has 102 valence electrons. The third kappa shape index (κ3) is 2.98. The van der Waals surface area contributed by atoms with Crippen molar-refractivity contribution in [2.24, 2.45) is 5.92 Å². The largest absolute Gasteiger partial charge is 0.481 e. The lowest BCUT2D eigenvalue weighted by atomic mass is 10.1. The molecule has 2 heterocycles. The predicted octanol–water partition coefficient (Wildman–Crippen LogP) is 1.40. The van der Waals surface area contributed by atoms with Crippen molar-refractivity contribution in [3.8, 4) is 0 Å². The topological polar surface area (TPSA) is 83.4 Å². The predicted molar refractivity (Wildman–Crippen MR) is 70.5 cm³/mol. The summed E-state index contributed by atoms with van der Waals surface area (Å²) in [4.78, 5) is 32.7. The Kier molecular flexibility index (Phi) is 4.26. The average Bonchev–Trinajstić information content (AvgIpc) is 2.88. The van der Waals surface area contributed by atoms with Gasteiger partial charge in [-0.2, -0.15) is 0 Å². The molecule has 6 nitrogen and oxygen atoms in total. The maximum Gasteiger partial charge on any atom is 0.308 e. The highest BCUT2D eigenvalue weighted by Crippen LogP contribution is 2.22. The Balaban J connectivity index is 2.18. The molecule has 0 radical (unpaired) electrons. The number of rotatable bonds is 3. The Morgan fingerprint density at radius 3 is 2.89 bits per heavy atom. The van der Waals surface area contributed by atoms with E-state index in [1.165, 1.54) is 22.9 Å². The first kappa shape index (κ1) is 14.1. The van der Waals surface area contributed by atoms with Gasteiger partial charge in [0.2, 0.25) is 0 Å². The molecule has 1 aliphatic heterocycles. The van der Waals surface area contributed by atoms with Crippen LogP contribution in [0.15, 0.2) is 11.4 Å².